The number of hydrogen-bond donors (Lipinski definition) is 8. The van der Waals surface area contributed by atoms with Gasteiger partial charge in [-0.05, 0) is 35.4 Å². The van der Waals surface area contributed by atoms with E-state index in [0.29, 0.717) is 11.1 Å². The standard InChI is InChI=1S/C30H20N4O12/c35-15-9-19(29(43)44)25(23(37)11-15)33-31-21-5-3-13(7-17(21)27(39)40)1-2-14-4-6-22(18(8-14)28(41)42)32-34-26-20(30(45)46)10-16(36)12-24(26)38/h1-12,31-32,37-38H,(H,39,40)(H,41,42)(H,43,44)(H,45,46). The zero-order valence-electron chi connectivity index (χ0n) is 23.0. The quantitative estimate of drug-likeness (QED) is 0.107. The molecule has 0 heterocycles. The first kappa shape index (κ1) is 31.8. The number of aliphatic hydroxyl groups excluding tert-OH is 2. The van der Waals surface area contributed by atoms with Crippen LogP contribution in [0.2, 0.25) is 0 Å². The molecule has 0 amide bonds. The minimum atomic E-state index is -1.54. The Morgan fingerprint density at radius 1 is 0.565 bits per heavy atom. The Labute approximate surface area is 256 Å². The van der Waals surface area contributed by atoms with Crippen LogP contribution < -0.4 is 10.9 Å². The molecule has 0 atom stereocenters. The molecule has 232 valence electrons. The Balaban J connectivity index is 1.58. The maximum atomic E-state index is 11.9. The van der Waals surface area contributed by atoms with Crippen LogP contribution in [0.15, 0.2) is 93.6 Å². The summed E-state index contributed by atoms with van der Waals surface area (Å²) in [5.41, 5.74) is 2.49. The molecule has 0 saturated carbocycles. The number of carboxylic acids is 4. The zero-order valence-corrected chi connectivity index (χ0v) is 23.0. The highest BCUT2D eigenvalue weighted by Crippen LogP contribution is 2.24. The molecule has 0 fully saturated rings. The molecule has 0 radical (unpaired) electrons. The third-order valence-corrected chi connectivity index (χ3v) is 6.18. The number of carbonyl (C=O) groups excluding carboxylic acids is 2. The predicted octanol–water partition coefficient (Wildman–Crippen LogP) is 2.86. The first-order chi connectivity index (χ1) is 21.7. The van der Waals surface area contributed by atoms with Gasteiger partial charge in [-0.1, -0.05) is 24.3 Å². The van der Waals surface area contributed by atoms with Gasteiger partial charge in [0.15, 0.2) is 11.6 Å². The normalized spacial score (nSPS) is 16.4. The van der Waals surface area contributed by atoms with Crippen LogP contribution in [0, 0.1) is 0 Å². The average Bonchev–Trinajstić information content (AvgIpc) is 2.98. The number of aliphatic carboxylic acids is 2. The Bertz CT molecular complexity index is 1820. The van der Waals surface area contributed by atoms with Crippen molar-refractivity contribution in [2.45, 2.75) is 0 Å². The number of carbonyl (C=O) groups is 6. The van der Waals surface area contributed by atoms with Crippen molar-refractivity contribution in [3.05, 3.63) is 106 Å². The molecule has 0 unspecified atom stereocenters. The number of aliphatic hydroxyl groups is 2. The number of nitrogens with one attached hydrogen (secondary N) is 2. The highest BCUT2D eigenvalue weighted by molar-refractivity contribution is 6.33. The van der Waals surface area contributed by atoms with Gasteiger partial charge in [-0.15, -0.1) is 0 Å². The molecule has 2 aliphatic rings. The molecule has 2 aromatic rings. The molecule has 46 heavy (non-hydrogen) atoms. The van der Waals surface area contributed by atoms with Crippen LogP contribution in [0.5, 0.6) is 0 Å². The molecule has 8 N–H and O–H groups in total. The third-order valence-electron chi connectivity index (χ3n) is 6.18. The number of allylic oxidation sites excluding steroid dienone is 6. The van der Waals surface area contributed by atoms with Crippen molar-refractivity contribution < 1.29 is 59.4 Å². The number of hydrogen-bond acceptors (Lipinski definition) is 12. The summed E-state index contributed by atoms with van der Waals surface area (Å²) in [5, 5.41) is 65.6. The monoisotopic (exact) mass is 628 g/mol. The molecular formula is C30H20N4O12. The van der Waals surface area contributed by atoms with Crippen LogP contribution in [0.25, 0.3) is 12.2 Å². The van der Waals surface area contributed by atoms with E-state index in [1.54, 1.807) is 0 Å². The van der Waals surface area contributed by atoms with Crippen molar-refractivity contribution in [2.75, 3.05) is 10.9 Å². The fourth-order valence-corrected chi connectivity index (χ4v) is 4.05. The summed E-state index contributed by atoms with van der Waals surface area (Å²) in [7, 11) is 0. The molecule has 0 aliphatic heterocycles. The number of aromatic carboxylic acids is 2. The topological polar surface area (TPSA) is 273 Å². The van der Waals surface area contributed by atoms with E-state index in [4.69, 9.17) is 0 Å². The maximum absolute atomic E-state index is 11.9. The first-order valence-corrected chi connectivity index (χ1v) is 12.7. The number of rotatable bonds is 10. The Morgan fingerprint density at radius 2 is 0.935 bits per heavy atom. The maximum Gasteiger partial charge on any atom is 0.338 e. The van der Waals surface area contributed by atoms with Gasteiger partial charge in [-0.2, -0.15) is 10.2 Å². The molecule has 2 aromatic carbocycles. The smallest absolute Gasteiger partial charge is 0.338 e. The van der Waals surface area contributed by atoms with Crippen LogP contribution in [0.1, 0.15) is 31.8 Å². The first-order valence-electron chi connectivity index (χ1n) is 12.7. The van der Waals surface area contributed by atoms with Crippen molar-refractivity contribution in [1.82, 2.24) is 0 Å². The van der Waals surface area contributed by atoms with Gasteiger partial charge in [0.25, 0.3) is 0 Å². The molecule has 0 saturated heterocycles. The zero-order chi connectivity index (χ0) is 33.7. The van der Waals surface area contributed by atoms with Gasteiger partial charge in [0.2, 0.25) is 0 Å². The number of carboxylic acid groups (broad SMARTS) is 4. The number of nitrogens with zero attached hydrogens (tertiary/aromatic N) is 2. The number of hydrazone groups is 2. The van der Waals surface area contributed by atoms with E-state index in [9.17, 15) is 59.4 Å². The summed E-state index contributed by atoms with van der Waals surface area (Å²) in [6.45, 7) is 0. The highest BCUT2D eigenvalue weighted by atomic mass is 16.4. The fraction of sp³-hybridized carbons (Fsp3) is 0. The van der Waals surface area contributed by atoms with Crippen LogP contribution in [-0.4, -0.2) is 77.5 Å². The van der Waals surface area contributed by atoms with Gasteiger partial charge in [-0.25, -0.2) is 19.2 Å². The second-order valence-electron chi connectivity index (χ2n) is 9.29. The largest absolute Gasteiger partial charge is 0.505 e. The number of anilines is 2. The summed E-state index contributed by atoms with van der Waals surface area (Å²) in [6.07, 6.45) is 5.92. The van der Waals surface area contributed by atoms with E-state index >= 15 is 0 Å². The second kappa shape index (κ2) is 13.0. The SMILES string of the molecule is O=C1C=C(O)C(=NNc2ccc(C=Cc3ccc(NN=C4C(O)=CC(=O)C=C4C(=O)O)c(C(=O)O)c3)cc2C(=O)O)C(C(=O)O)=C1. The number of benzene rings is 2. The van der Waals surface area contributed by atoms with Crippen LogP contribution in [0.4, 0.5) is 11.4 Å². The Morgan fingerprint density at radius 3 is 1.26 bits per heavy atom. The number of ketones is 2. The Kier molecular flexibility index (Phi) is 9.02. The van der Waals surface area contributed by atoms with E-state index in [1.165, 1.54) is 48.6 Å². The molecule has 16 nitrogen and oxygen atoms in total. The van der Waals surface area contributed by atoms with Crippen molar-refractivity contribution >= 4 is 70.4 Å². The summed E-state index contributed by atoms with van der Waals surface area (Å²) >= 11 is 0. The summed E-state index contributed by atoms with van der Waals surface area (Å²) in [5.74, 6) is -8.86. The minimum Gasteiger partial charge on any atom is -0.505 e. The van der Waals surface area contributed by atoms with Crippen molar-refractivity contribution in [2.24, 2.45) is 10.2 Å². The molecule has 0 spiro atoms. The lowest BCUT2D eigenvalue weighted by atomic mass is 10.0. The van der Waals surface area contributed by atoms with E-state index in [1.807, 2.05) is 0 Å². The molecular weight excluding hydrogens is 608 g/mol. The highest BCUT2D eigenvalue weighted by Gasteiger charge is 2.26. The van der Waals surface area contributed by atoms with Gasteiger partial charge in [0.05, 0.1) is 33.6 Å². The lowest BCUT2D eigenvalue weighted by Gasteiger charge is -2.12. The van der Waals surface area contributed by atoms with E-state index in [-0.39, 0.29) is 22.5 Å². The van der Waals surface area contributed by atoms with E-state index in [2.05, 4.69) is 21.1 Å². The summed E-state index contributed by atoms with van der Waals surface area (Å²) in [4.78, 5) is 69.9. The van der Waals surface area contributed by atoms with Gasteiger partial charge in [0, 0.05) is 24.3 Å². The molecule has 2 aliphatic carbocycles. The third kappa shape index (κ3) is 7.09. The molecule has 0 bridgehead atoms. The molecule has 4 rings (SSSR count). The van der Waals surface area contributed by atoms with Gasteiger partial charge in [-0.3, -0.25) is 20.4 Å². The van der Waals surface area contributed by atoms with Crippen molar-refractivity contribution in [1.29, 1.82) is 0 Å². The van der Waals surface area contributed by atoms with Gasteiger partial charge >= 0.3 is 23.9 Å². The Hall–Kier alpha value is -7.10. The van der Waals surface area contributed by atoms with Crippen molar-refractivity contribution in [3.63, 3.8) is 0 Å². The molecule has 0 aromatic heterocycles. The van der Waals surface area contributed by atoms with Gasteiger partial charge < -0.3 is 30.6 Å². The van der Waals surface area contributed by atoms with E-state index in [0.717, 1.165) is 24.3 Å². The predicted molar refractivity (Wildman–Crippen MR) is 161 cm³/mol. The summed E-state index contributed by atoms with van der Waals surface area (Å²) in [6, 6.07) is 8.02. The molecule has 16 heteroatoms. The lowest BCUT2D eigenvalue weighted by molar-refractivity contribution is -0.133. The van der Waals surface area contributed by atoms with Crippen molar-refractivity contribution in [3.8, 4) is 0 Å². The fourth-order valence-electron chi connectivity index (χ4n) is 4.05. The van der Waals surface area contributed by atoms with Crippen LogP contribution in [0.3, 0.4) is 0 Å². The minimum absolute atomic E-state index is 0.0825. The van der Waals surface area contributed by atoms with Gasteiger partial charge in [0.1, 0.15) is 22.9 Å². The lowest BCUT2D eigenvalue weighted by Crippen LogP contribution is -2.21. The van der Waals surface area contributed by atoms with Crippen LogP contribution >= 0.6 is 0 Å². The average molecular weight is 629 g/mol. The summed E-state index contributed by atoms with van der Waals surface area (Å²) < 4.78 is 0. The van der Waals surface area contributed by atoms with E-state index < -0.39 is 69.5 Å². The second-order valence-corrected chi connectivity index (χ2v) is 9.29. The van der Waals surface area contributed by atoms with Crippen LogP contribution in [-0.2, 0) is 19.2 Å².